The minimum Gasteiger partial charge on any atom is -0.347 e. The topological polar surface area (TPSA) is 177 Å². The maximum atomic E-state index is 12.4. The molecule has 1 fully saturated rings. The molecule has 1 aliphatic heterocycles. The van der Waals surface area contributed by atoms with Gasteiger partial charge in [0.05, 0.1) is 16.5 Å². The highest BCUT2D eigenvalue weighted by molar-refractivity contribution is 7.89. The summed E-state index contributed by atoms with van der Waals surface area (Å²) < 4.78 is 24.0. The maximum Gasteiger partial charge on any atom is 0.314 e. The Bertz CT molecular complexity index is 1180. The lowest BCUT2D eigenvalue weighted by atomic mass is 9.95. The largest absolute Gasteiger partial charge is 0.347 e. The number of carbonyl (C=O) groups is 3. The fourth-order valence-electron chi connectivity index (χ4n) is 3.77. The van der Waals surface area contributed by atoms with Crippen LogP contribution in [0.1, 0.15) is 37.8 Å². The molecule has 3 rings (SSSR count). The van der Waals surface area contributed by atoms with E-state index in [1.807, 2.05) is 13.8 Å². The number of nitrogens with one attached hydrogen (secondary N) is 4. The Balaban J connectivity index is 1.57. The maximum absolute atomic E-state index is 12.4. The molecule has 34 heavy (non-hydrogen) atoms. The summed E-state index contributed by atoms with van der Waals surface area (Å²) in [5, 5.41) is 20.6. The van der Waals surface area contributed by atoms with Gasteiger partial charge in [0.2, 0.25) is 15.9 Å². The number of benzene rings is 1. The van der Waals surface area contributed by atoms with Gasteiger partial charge in [-0.1, -0.05) is 19.1 Å². The van der Waals surface area contributed by atoms with Crippen molar-refractivity contribution in [3.8, 4) is 0 Å². The van der Waals surface area contributed by atoms with E-state index in [0.29, 0.717) is 18.5 Å². The first-order valence-electron chi connectivity index (χ1n) is 10.8. The molecule has 13 heteroatoms. The van der Waals surface area contributed by atoms with Crippen LogP contribution in [-0.4, -0.2) is 48.5 Å². The summed E-state index contributed by atoms with van der Waals surface area (Å²) in [5.74, 6) is -1.75. The van der Waals surface area contributed by atoms with Crippen molar-refractivity contribution in [3.63, 3.8) is 0 Å². The molecule has 0 spiro atoms. The Kier molecular flexibility index (Phi) is 7.69. The van der Waals surface area contributed by atoms with Gasteiger partial charge in [0.1, 0.15) is 5.82 Å². The number of sulfonamides is 1. The van der Waals surface area contributed by atoms with Crippen LogP contribution in [0.15, 0.2) is 35.2 Å². The highest BCUT2D eigenvalue weighted by Gasteiger charge is 2.34. The molecule has 0 radical (unpaired) electrons. The van der Waals surface area contributed by atoms with Crippen molar-refractivity contribution < 1.29 is 22.8 Å². The van der Waals surface area contributed by atoms with Crippen molar-refractivity contribution in [2.24, 2.45) is 11.1 Å². The van der Waals surface area contributed by atoms with Crippen molar-refractivity contribution in [2.75, 3.05) is 11.9 Å². The van der Waals surface area contributed by atoms with Crippen LogP contribution in [0.25, 0.3) is 0 Å². The van der Waals surface area contributed by atoms with E-state index in [1.54, 1.807) is 25.1 Å². The molecule has 3 unspecified atom stereocenters. The second-order valence-electron chi connectivity index (χ2n) is 8.15. The van der Waals surface area contributed by atoms with Crippen LogP contribution in [0, 0.1) is 12.8 Å². The molecule has 0 saturated carbocycles. The van der Waals surface area contributed by atoms with Gasteiger partial charge < -0.3 is 16.0 Å². The van der Waals surface area contributed by atoms with Crippen LogP contribution in [0.3, 0.4) is 0 Å². The fraction of sp³-hybridized carbons (Fsp3) is 0.429. The van der Waals surface area contributed by atoms with Gasteiger partial charge in [-0.05, 0) is 44.4 Å². The molecule has 0 aliphatic carbocycles. The lowest BCUT2D eigenvalue weighted by molar-refractivity contribution is -0.136. The summed E-state index contributed by atoms with van der Waals surface area (Å²) in [5.41, 5.74) is 1.36. The van der Waals surface area contributed by atoms with Gasteiger partial charge in [-0.3, -0.25) is 19.7 Å². The van der Waals surface area contributed by atoms with Crippen molar-refractivity contribution in [1.29, 1.82) is 0 Å². The molecular weight excluding hydrogens is 462 g/mol. The Labute approximate surface area is 197 Å². The Morgan fingerprint density at radius 3 is 2.47 bits per heavy atom. The van der Waals surface area contributed by atoms with Crippen molar-refractivity contribution in [1.82, 2.24) is 25.7 Å². The molecule has 12 nitrogen and oxygen atoms in total. The first kappa shape index (κ1) is 25.3. The number of carbonyl (C=O) groups excluding carboxylic acids is 3. The van der Waals surface area contributed by atoms with E-state index in [0.717, 1.165) is 5.56 Å². The molecular formula is C21H29N7O5S. The third kappa shape index (κ3) is 5.98. The molecule has 1 saturated heterocycles. The quantitative estimate of drug-likeness (QED) is 0.331. The summed E-state index contributed by atoms with van der Waals surface area (Å²) in [6, 6.07) is 7.43. The highest BCUT2D eigenvalue weighted by Crippen LogP contribution is 2.21. The Hall–Kier alpha value is -3.29. The van der Waals surface area contributed by atoms with Crippen molar-refractivity contribution in [3.05, 3.63) is 41.6 Å². The number of rotatable bonds is 7. The fourth-order valence-corrected chi connectivity index (χ4v) is 4.29. The summed E-state index contributed by atoms with van der Waals surface area (Å²) >= 11 is 0. The zero-order valence-electron chi connectivity index (χ0n) is 19.2. The van der Waals surface area contributed by atoms with Crippen molar-refractivity contribution in [2.45, 2.75) is 50.8 Å². The van der Waals surface area contributed by atoms with E-state index in [-0.39, 0.29) is 35.1 Å². The Morgan fingerprint density at radius 2 is 1.88 bits per heavy atom. The number of aryl methyl sites for hydroxylation is 1. The van der Waals surface area contributed by atoms with Crippen LogP contribution in [-0.2, 0) is 30.8 Å². The molecule has 2 heterocycles. The second kappa shape index (κ2) is 10.3. The van der Waals surface area contributed by atoms with Crippen LogP contribution in [0.5, 0.6) is 0 Å². The third-order valence-electron chi connectivity index (χ3n) is 5.58. The number of primary sulfonamides is 1. The molecule has 3 amide bonds. The van der Waals surface area contributed by atoms with E-state index in [4.69, 9.17) is 5.14 Å². The molecule has 1 aliphatic rings. The van der Waals surface area contributed by atoms with E-state index >= 15 is 0 Å². The molecule has 6 N–H and O–H groups in total. The standard InChI is InChI=1S/C21H29N7O5S/c1-4-16-13(3)24-21(26-18(16)29)28-17(11-12(2)27-28)25-20(31)19(30)23-10-9-14-5-7-15(8-6-14)34(22,32)33/h5-8,11,13,16,21,24H,4,9-10H2,1-3H3,(H,23,30)(H,25,31)(H,26,29)(H2,22,32,33). The van der Waals surface area contributed by atoms with Crippen molar-refractivity contribution >= 4 is 33.6 Å². The third-order valence-corrected chi connectivity index (χ3v) is 6.51. The minimum atomic E-state index is -3.77. The monoisotopic (exact) mass is 491 g/mol. The van der Waals surface area contributed by atoms with Crippen LogP contribution >= 0.6 is 0 Å². The normalized spacial score (nSPS) is 20.5. The van der Waals surface area contributed by atoms with E-state index in [2.05, 4.69) is 26.4 Å². The lowest BCUT2D eigenvalue weighted by Crippen LogP contribution is -2.57. The Morgan fingerprint density at radius 1 is 1.21 bits per heavy atom. The van der Waals surface area contributed by atoms with E-state index in [1.165, 1.54) is 16.8 Å². The SMILES string of the molecule is CCC1C(=O)NC(n2nc(C)cc2NC(=O)C(=O)NCCc2ccc(S(N)(=O)=O)cc2)NC1C. The smallest absolute Gasteiger partial charge is 0.314 e. The number of anilines is 1. The number of hydrogen-bond acceptors (Lipinski definition) is 7. The zero-order chi connectivity index (χ0) is 25.0. The van der Waals surface area contributed by atoms with Crippen LogP contribution in [0.2, 0.25) is 0 Å². The lowest BCUT2D eigenvalue weighted by Gasteiger charge is -2.35. The first-order chi connectivity index (χ1) is 16.0. The van der Waals surface area contributed by atoms with Gasteiger partial charge >= 0.3 is 11.8 Å². The summed E-state index contributed by atoms with van der Waals surface area (Å²) in [6.07, 6.45) is 0.401. The first-order valence-corrected chi connectivity index (χ1v) is 12.4. The van der Waals surface area contributed by atoms with E-state index in [9.17, 15) is 22.8 Å². The van der Waals surface area contributed by atoms with Gasteiger partial charge in [0.25, 0.3) is 0 Å². The molecule has 1 aromatic heterocycles. The number of nitrogens with zero attached hydrogens (tertiary/aromatic N) is 2. The number of hydrogen-bond donors (Lipinski definition) is 5. The zero-order valence-corrected chi connectivity index (χ0v) is 20.0. The van der Waals surface area contributed by atoms with Gasteiger partial charge in [-0.15, -0.1) is 0 Å². The van der Waals surface area contributed by atoms with E-state index < -0.39 is 28.1 Å². The molecule has 1 aromatic carbocycles. The molecule has 0 bridgehead atoms. The van der Waals surface area contributed by atoms with Crippen LogP contribution in [0.4, 0.5) is 5.82 Å². The highest BCUT2D eigenvalue weighted by atomic mass is 32.2. The molecule has 3 atom stereocenters. The summed E-state index contributed by atoms with van der Waals surface area (Å²) in [7, 11) is -3.77. The van der Waals surface area contributed by atoms with Gasteiger partial charge in [-0.25, -0.2) is 18.2 Å². The summed E-state index contributed by atoms with van der Waals surface area (Å²) in [6.45, 7) is 5.74. The van der Waals surface area contributed by atoms with Gasteiger partial charge in [-0.2, -0.15) is 5.10 Å². The molecule has 184 valence electrons. The number of amides is 3. The predicted octanol–water partition coefficient (Wildman–Crippen LogP) is -0.273. The second-order valence-corrected chi connectivity index (χ2v) is 9.71. The van der Waals surface area contributed by atoms with Crippen LogP contribution < -0.4 is 26.4 Å². The van der Waals surface area contributed by atoms with Gasteiger partial charge in [0.15, 0.2) is 6.29 Å². The average molecular weight is 492 g/mol. The minimum absolute atomic E-state index is 0.00479. The number of nitrogens with two attached hydrogens (primary N) is 1. The predicted molar refractivity (Wildman–Crippen MR) is 124 cm³/mol. The summed E-state index contributed by atoms with van der Waals surface area (Å²) in [4.78, 5) is 37.1. The average Bonchev–Trinajstić information content (AvgIpc) is 3.13. The molecule has 2 aromatic rings. The number of aromatic nitrogens is 2. The van der Waals surface area contributed by atoms with Gasteiger partial charge in [0, 0.05) is 18.7 Å².